The van der Waals surface area contributed by atoms with Crippen molar-refractivity contribution in [2.24, 2.45) is 0 Å². The van der Waals surface area contributed by atoms with E-state index in [9.17, 15) is 4.79 Å². The Kier molecular flexibility index (Phi) is 4.46. The Labute approximate surface area is 102 Å². The number of ether oxygens (including phenoxy) is 1. The summed E-state index contributed by atoms with van der Waals surface area (Å²) in [5, 5.41) is 0. The van der Waals surface area contributed by atoms with Crippen LogP contribution in [0.25, 0.3) is 0 Å². The molecule has 17 heavy (non-hydrogen) atoms. The average Bonchev–Trinajstić information content (AvgIpc) is 2.23. The number of hydrogen-bond donors (Lipinski definition) is 1. The monoisotopic (exact) mass is 238 g/mol. The van der Waals surface area contributed by atoms with Gasteiger partial charge in [-0.3, -0.25) is 4.79 Å². The summed E-state index contributed by atoms with van der Waals surface area (Å²) in [5.74, 6) is 0.631. The first-order chi connectivity index (χ1) is 7.88. The Morgan fingerprint density at radius 2 is 2.06 bits per heavy atom. The second kappa shape index (κ2) is 5.45. The van der Waals surface area contributed by atoms with Gasteiger partial charge in [-0.1, -0.05) is 27.7 Å². The molecule has 4 nitrogen and oxygen atoms in total. The molecule has 0 aliphatic carbocycles. The highest BCUT2D eigenvalue weighted by Gasteiger charge is 2.19. The minimum Gasteiger partial charge on any atom is -0.371 e. The number of aromatic amines is 1. The lowest BCUT2D eigenvalue weighted by Gasteiger charge is -2.20. The Hall–Kier alpha value is -1.16. The van der Waals surface area contributed by atoms with Gasteiger partial charge in [0.2, 0.25) is 0 Å². The van der Waals surface area contributed by atoms with Crippen molar-refractivity contribution >= 4 is 0 Å². The third kappa shape index (κ3) is 3.66. The van der Waals surface area contributed by atoms with Gasteiger partial charge in [0, 0.05) is 18.1 Å². The van der Waals surface area contributed by atoms with Crippen LogP contribution in [0.4, 0.5) is 0 Å². The molecule has 0 radical (unpaired) electrons. The van der Waals surface area contributed by atoms with Crippen LogP contribution in [-0.2, 0) is 10.2 Å². The number of H-pyrrole nitrogens is 1. The van der Waals surface area contributed by atoms with Crippen LogP contribution in [0.2, 0.25) is 0 Å². The van der Waals surface area contributed by atoms with Crippen molar-refractivity contribution in [2.75, 3.05) is 6.61 Å². The van der Waals surface area contributed by atoms with Gasteiger partial charge in [-0.25, -0.2) is 4.98 Å². The van der Waals surface area contributed by atoms with Crippen molar-refractivity contribution in [3.8, 4) is 0 Å². The second-order valence-electron chi connectivity index (χ2n) is 5.12. The summed E-state index contributed by atoms with van der Waals surface area (Å²) in [7, 11) is 0. The summed E-state index contributed by atoms with van der Waals surface area (Å²) >= 11 is 0. The molecule has 0 aliphatic rings. The van der Waals surface area contributed by atoms with Crippen LogP contribution < -0.4 is 5.56 Å². The van der Waals surface area contributed by atoms with E-state index >= 15 is 0 Å². The molecule has 1 N–H and O–H groups in total. The fourth-order valence-corrected chi connectivity index (χ4v) is 1.60. The summed E-state index contributed by atoms with van der Waals surface area (Å²) < 4.78 is 5.57. The van der Waals surface area contributed by atoms with Gasteiger partial charge in [0.1, 0.15) is 11.9 Å². The van der Waals surface area contributed by atoms with Gasteiger partial charge in [-0.05, 0) is 13.3 Å². The topological polar surface area (TPSA) is 55.0 Å². The van der Waals surface area contributed by atoms with E-state index in [0.717, 1.165) is 12.1 Å². The molecule has 0 bridgehead atoms. The molecule has 96 valence electrons. The van der Waals surface area contributed by atoms with Crippen molar-refractivity contribution in [1.82, 2.24) is 9.97 Å². The average molecular weight is 238 g/mol. The fraction of sp³-hybridized carbons (Fsp3) is 0.692. The van der Waals surface area contributed by atoms with Crippen LogP contribution in [0.15, 0.2) is 10.9 Å². The summed E-state index contributed by atoms with van der Waals surface area (Å²) in [6.45, 7) is 10.7. The van der Waals surface area contributed by atoms with E-state index in [1.165, 1.54) is 0 Å². The summed E-state index contributed by atoms with van der Waals surface area (Å²) in [6, 6.07) is 1.56. The first-order valence-corrected chi connectivity index (χ1v) is 6.11. The highest BCUT2D eigenvalue weighted by molar-refractivity contribution is 5.13. The number of rotatable bonds is 4. The zero-order valence-corrected chi connectivity index (χ0v) is 11.3. The lowest BCUT2D eigenvalue weighted by atomic mass is 9.92. The smallest absolute Gasteiger partial charge is 0.251 e. The minimum absolute atomic E-state index is 0.113. The van der Waals surface area contributed by atoms with E-state index in [4.69, 9.17) is 4.74 Å². The predicted molar refractivity (Wildman–Crippen MR) is 68.2 cm³/mol. The van der Waals surface area contributed by atoms with Crippen LogP contribution in [0, 0.1) is 0 Å². The minimum atomic E-state index is -0.131. The van der Waals surface area contributed by atoms with Gasteiger partial charge in [0.05, 0.1) is 5.69 Å². The SMILES string of the molecule is CCOC(CC)c1nc(C(C)(C)C)cc(=O)[nH]1. The van der Waals surface area contributed by atoms with Gasteiger partial charge in [-0.2, -0.15) is 0 Å². The first kappa shape index (κ1) is 13.9. The highest BCUT2D eigenvalue weighted by atomic mass is 16.5. The molecule has 0 spiro atoms. The van der Waals surface area contributed by atoms with Crippen LogP contribution in [0.3, 0.4) is 0 Å². The van der Waals surface area contributed by atoms with E-state index in [-0.39, 0.29) is 17.1 Å². The molecular formula is C13H22N2O2. The van der Waals surface area contributed by atoms with Gasteiger partial charge in [0.25, 0.3) is 5.56 Å². The molecule has 0 fully saturated rings. The molecular weight excluding hydrogens is 216 g/mol. The van der Waals surface area contributed by atoms with Crippen molar-refractivity contribution in [1.29, 1.82) is 0 Å². The van der Waals surface area contributed by atoms with Crippen molar-refractivity contribution in [3.05, 3.63) is 27.9 Å². The van der Waals surface area contributed by atoms with Crippen LogP contribution in [0.5, 0.6) is 0 Å². The molecule has 1 atom stereocenters. The number of aromatic nitrogens is 2. The molecule has 0 saturated heterocycles. The number of hydrogen-bond acceptors (Lipinski definition) is 3. The molecule has 1 aromatic heterocycles. The number of nitrogens with zero attached hydrogens (tertiary/aromatic N) is 1. The lowest BCUT2D eigenvalue weighted by Crippen LogP contribution is -2.23. The zero-order valence-electron chi connectivity index (χ0n) is 11.3. The van der Waals surface area contributed by atoms with Crippen molar-refractivity contribution < 1.29 is 4.74 Å². The maximum absolute atomic E-state index is 11.6. The van der Waals surface area contributed by atoms with Crippen molar-refractivity contribution in [3.63, 3.8) is 0 Å². The van der Waals surface area contributed by atoms with Gasteiger partial charge < -0.3 is 9.72 Å². The molecule has 4 heteroatoms. The molecule has 0 saturated carbocycles. The lowest BCUT2D eigenvalue weighted by molar-refractivity contribution is 0.0530. The third-order valence-electron chi connectivity index (χ3n) is 2.57. The molecule has 0 aliphatic heterocycles. The molecule has 0 aromatic carbocycles. The maximum atomic E-state index is 11.6. The fourth-order valence-electron chi connectivity index (χ4n) is 1.60. The van der Waals surface area contributed by atoms with Gasteiger partial charge >= 0.3 is 0 Å². The highest BCUT2D eigenvalue weighted by Crippen LogP contribution is 2.21. The van der Waals surface area contributed by atoms with E-state index in [2.05, 4.69) is 9.97 Å². The predicted octanol–water partition coefficient (Wildman–Crippen LogP) is 2.56. The first-order valence-electron chi connectivity index (χ1n) is 6.11. The Balaban J connectivity index is 3.17. The molecule has 1 heterocycles. The van der Waals surface area contributed by atoms with E-state index in [1.54, 1.807) is 6.07 Å². The van der Waals surface area contributed by atoms with Crippen LogP contribution >= 0.6 is 0 Å². The van der Waals surface area contributed by atoms with Gasteiger partial charge in [-0.15, -0.1) is 0 Å². The Morgan fingerprint density at radius 1 is 1.41 bits per heavy atom. The van der Waals surface area contributed by atoms with Gasteiger partial charge in [0.15, 0.2) is 0 Å². The number of nitrogens with one attached hydrogen (secondary N) is 1. The quantitative estimate of drug-likeness (QED) is 0.877. The van der Waals surface area contributed by atoms with Crippen LogP contribution in [0.1, 0.15) is 58.7 Å². The second-order valence-corrected chi connectivity index (χ2v) is 5.12. The van der Waals surface area contributed by atoms with E-state index < -0.39 is 0 Å². The van der Waals surface area contributed by atoms with E-state index in [0.29, 0.717) is 12.4 Å². The summed E-state index contributed by atoms with van der Waals surface area (Å²) in [4.78, 5) is 18.9. The Bertz CT molecular complexity index is 418. The normalized spacial score (nSPS) is 13.7. The standard InChI is InChI=1S/C13H22N2O2/c1-6-9(17-7-2)12-14-10(13(3,4)5)8-11(16)15-12/h8-9H,6-7H2,1-5H3,(H,14,15,16). The van der Waals surface area contributed by atoms with E-state index in [1.807, 2.05) is 34.6 Å². The van der Waals surface area contributed by atoms with Crippen LogP contribution in [-0.4, -0.2) is 16.6 Å². The molecule has 1 aromatic rings. The molecule has 1 rings (SSSR count). The third-order valence-corrected chi connectivity index (χ3v) is 2.57. The maximum Gasteiger partial charge on any atom is 0.251 e. The largest absolute Gasteiger partial charge is 0.371 e. The molecule has 0 amide bonds. The molecule has 1 unspecified atom stereocenters. The van der Waals surface area contributed by atoms with Crippen molar-refractivity contribution in [2.45, 2.75) is 52.6 Å². The zero-order chi connectivity index (χ0) is 13.1. The summed E-state index contributed by atoms with van der Waals surface area (Å²) in [5.41, 5.74) is 0.556. The summed E-state index contributed by atoms with van der Waals surface area (Å²) in [6.07, 6.45) is 0.666. The Morgan fingerprint density at radius 3 is 2.53 bits per heavy atom.